The SMILES string of the molecule is CC(C)COC(C)(C)CNC(=O)CCCCCON. The number of amides is 1. The van der Waals surface area contributed by atoms with Gasteiger partial charge in [-0.25, -0.2) is 5.90 Å². The third-order valence-electron chi connectivity index (χ3n) is 2.68. The quantitative estimate of drug-likeness (QED) is 0.446. The number of ether oxygens (including phenoxy) is 1. The topological polar surface area (TPSA) is 73.6 Å². The maximum atomic E-state index is 11.6. The van der Waals surface area contributed by atoms with Crippen LogP contribution in [-0.2, 0) is 14.4 Å². The molecule has 5 heteroatoms. The molecule has 0 aromatic rings. The van der Waals surface area contributed by atoms with E-state index in [1.165, 1.54) is 0 Å². The Morgan fingerprint density at radius 2 is 1.95 bits per heavy atom. The van der Waals surface area contributed by atoms with Crippen molar-refractivity contribution in [3.8, 4) is 0 Å². The molecule has 0 radical (unpaired) electrons. The molecule has 3 N–H and O–H groups in total. The van der Waals surface area contributed by atoms with Crippen molar-refractivity contribution in [1.29, 1.82) is 0 Å². The van der Waals surface area contributed by atoms with Crippen molar-refractivity contribution in [3.63, 3.8) is 0 Å². The summed E-state index contributed by atoms with van der Waals surface area (Å²) >= 11 is 0. The van der Waals surface area contributed by atoms with E-state index < -0.39 is 0 Å². The number of nitrogens with two attached hydrogens (primary N) is 1. The summed E-state index contributed by atoms with van der Waals surface area (Å²) in [5, 5.41) is 2.92. The van der Waals surface area contributed by atoms with Crippen LogP contribution in [-0.4, -0.2) is 31.3 Å². The molecule has 0 aromatic carbocycles. The largest absolute Gasteiger partial charge is 0.373 e. The van der Waals surface area contributed by atoms with Gasteiger partial charge in [-0.2, -0.15) is 0 Å². The average Bonchev–Trinajstić information content (AvgIpc) is 2.34. The van der Waals surface area contributed by atoms with Crippen LogP contribution in [0.2, 0.25) is 0 Å². The molecular formula is C14H30N2O3. The smallest absolute Gasteiger partial charge is 0.220 e. The summed E-state index contributed by atoms with van der Waals surface area (Å²) in [6.45, 7) is 10.0. The second-order valence-corrected chi connectivity index (χ2v) is 5.92. The summed E-state index contributed by atoms with van der Waals surface area (Å²) in [5.41, 5.74) is -0.312. The number of nitrogens with one attached hydrogen (secondary N) is 1. The van der Waals surface area contributed by atoms with E-state index in [2.05, 4.69) is 24.0 Å². The Morgan fingerprint density at radius 3 is 2.53 bits per heavy atom. The summed E-state index contributed by atoms with van der Waals surface area (Å²) in [5.74, 6) is 5.50. The Kier molecular flexibility index (Phi) is 9.83. The molecule has 5 nitrogen and oxygen atoms in total. The zero-order valence-corrected chi connectivity index (χ0v) is 12.8. The highest BCUT2D eigenvalue weighted by atomic mass is 16.6. The third-order valence-corrected chi connectivity index (χ3v) is 2.68. The van der Waals surface area contributed by atoms with Crippen LogP contribution in [0.5, 0.6) is 0 Å². The zero-order chi connectivity index (χ0) is 14.7. The lowest BCUT2D eigenvalue weighted by molar-refractivity contribution is -0.123. The molecule has 0 rings (SSSR count). The minimum atomic E-state index is -0.312. The van der Waals surface area contributed by atoms with E-state index in [4.69, 9.17) is 10.6 Å². The van der Waals surface area contributed by atoms with Crippen LogP contribution in [0.15, 0.2) is 0 Å². The van der Waals surface area contributed by atoms with Crippen LogP contribution in [0.25, 0.3) is 0 Å². The lowest BCUT2D eigenvalue weighted by Crippen LogP contribution is -2.41. The molecule has 114 valence electrons. The lowest BCUT2D eigenvalue weighted by atomic mass is 10.1. The minimum absolute atomic E-state index is 0.0786. The first-order valence-corrected chi connectivity index (χ1v) is 7.09. The molecular weight excluding hydrogens is 244 g/mol. The van der Waals surface area contributed by atoms with Gasteiger partial charge in [0.1, 0.15) is 0 Å². The van der Waals surface area contributed by atoms with Gasteiger partial charge in [0.05, 0.1) is 12.2 Å². The van der Waals surface area contributed by atoms with E-state index >= 15 is 0 Å². The van der Waals surface area contributed by atoms with E-state index in [0.717, 1.165) is 19.3 Å². The second-order valence-electron chi connectivity index (χ2n) is 5.92. The summed E-state index contributed by atoms with van der Waals surface area (Å²) < 4.78 is 5.75. The minimum Gasteiger partial charge on any atom is -0.373 e. The summed E-state index contributed by atoms with van der Waals surface area (Å²) in [6, 6.07) is 0. The normalized spacial score (nSPS) is 11.9. The monoisotopic (exact) mass is 274 g/mol. The lowest BCUT2D eigenvalue weighted by Gasteiger charge is -2.26. The number of carbonyl (C=O) groups excluding carboxylic acids is 1. The van der Waals surface area contributed by atoms with Crippen LogP contribution < -0.4 is 11.2 Å². The fraction of sp³-hybridized carbons (Fsp3) is 0.929. The molecule has 0 saturated heterocycles. The van der Waals surface area contributed by atoms with Crippen LogP contribution in [0.1, 0.15) is 53.4 Å². The first kappa shape index (κ1) is 18.4. The number of unbranched alkanes of at least 4 members (excludes halogenated alkanes) is 2. The van der Waals surface area contributed by atoms with Crippen molar-refractivity contribution < 1.29 is 14.4 Å². The van der Waals surface area contributed by atoms with Gasteiger partial charge in [-0.05, 0) is 32.6 Å². The third kappa shape index (κ3) is 12.1. The highest BCUT2D eigenvalue weighted by molar-refractivity contribution is 5.75. The molecule has 0 aliphatic heterocycles. The van der Waals surface area contributed by atoms with Crippen LogP contribution in [0.3, 0.4) is 0 Å². The Balaban J connectivity index is 3.64. The molecule has 0 unspecified atom stereocenters. The predicted octanol–water partition coefficient (Wildman–Crippen LogP) is 2.00. The zero-order valence-electron chi connectivity index (χ0n) is 12.8. The van der Waals surface area contributed by atoms with Gasteiger partial charge in [0, 0.05) is 19.6 Å². The van der Waals surface area contributed by atoms with Crippen LogP contribution in [0.4, 0.5) is 0 Å². The van der Waals surface area contributed by atoms with Crippen molar-refractivity contribution in [2.75, 3.05) is 19.8 Å². The van der Waals surface area contributed by atoms with Crippen LogP contribution >= 0.6 is 0 Å². The van der Waals surface area contributed by atoms with E-state index in [9.17, 15) is 4.79 Å². The molecule has 0 atom stereocenters. The van der Waals surface area contributed by atoms with E-state index in [1.807, 2.05) is 13.8 Å². The first-order valence-electron chi connectivity index (χ1n) is 7.09. The van der Waals surface area contributed by atoms with Gasteiger partial charge in [-0.1, -0.05) is 20.3 Å². The van der Waals surface area contributed by atoms with Gasteiger partial charge < -0.3 is 14.9 Å². The standard InChI is InChI=1S/C14H30N2O3/c1-12(2)10-18-14(3,4)11-16-13(17)8-6-5-7-9-19-15/h12H,5-11,15H2,1-4H3,(H,16,17). The van der Waals surface area contributed by atoms with Crippen molar-refractivity contribution in [3.05, 3.63) is 0 Å². The Hall–Kier alpha value is -0.650. The highest BCUT2D eigenvalue weighted by Gasteiger charge is 2.19. The molecule has 0 spiro atoms. The van der Waals surface area contributed by atoms with Crippen molar-refractivity contribution in [2.45, 2.75) is 59.0 Å². The van der Waals surface area contributed by atoms with Gasteiger partial charge in [0.2, 0.25) is 5.91 Å². The Morgan fingerprint density at radius 1 is 1.26 bits per heavy atom. The van der Waals surface area contributed by atoms with Gasteiger partial charge >= 0.3 is 0 Å². The van der Waals surface area contributed by atoms with E-state index in [-0.39, 0.29) is 11.5 Å². The number of hydrogen-bond acceptors (Lipinski definition) is 4. The van der Waals surface area contributed by atoms with Crippen molar-refractivity contribution in [1.82, 2.24) is 5.32 Å². The maximum Gasteiger partial charge on any atom is 0.220 e. The van der Waals surface area contributed by atoms with E-state index in [1.54, 1.807) is 0 Å². The molecule has 0 aliphatic carbocycles. The van der Waals surface area contributed by atoms with Gasteiger partial charge in [-0.15, -0.1) is 0 Å². The van der Waals surface area contributed by atoms with Crippen LogP contribution in [0, 0.1) is 5.92 Å². The fourth-order valence-corrected chi connectivity index (χ4v) is 1.49. The second kappa shape index (κ2) is 10.2. The summed E-state index contributed by atoms with van der Waals surface area (Å²) in [7, 11) is 0. The summed E-state index contributed by atoms with van der Waals surface area (Å²) in [6.07, 6.45) is 3.26. The molecule has 0 aliphatic rings. The van der Waals surface area contributed by atoms with E-state index in [0.29, 0.717) is 32.1 Å². The summed E-state index contributed by atoms with van der Waals surface area (Å²) in [4.78, 5) is 16.1. The average molecular weight is 274 g/mol. The molecule has 1 amide bonds. The van der Waals surface area contributed by atoms with Crippen molar-refractivity contribution >= 4 is 5.91 Å². The van der Waals surface area contributed by atoms with Gasteiger partial charge in [-0.3, -0.25) is 4.79 Å². The molecule has 0 aromatic heterocycles. The Labute approximate surface area is 117 Å². The van der Waals surface area contributed by atoms with Crippen molar-refractivity contribution in [2.24, 2.45) is 11.8 Å². The molecule has 0 saturated carbocycles. The predicted molar refractivity (Wildman–Crippen MR) is 76.5 cm³/mol. The molecule has 0 heterocycles. The van der Waals surface area contributed by atoms with Gasteiger partial charge in [0.15, 0.2) is 0 Å². The number of hydrogen-bond donors (Lipinski definition) is 2. The maximum absolute atomic E-state index is 11.6. The highest BCUT2D eigenvalue weighted by Crippen LogP contribution is 2.10. The molecule has 0 bridgehead atoms. The molecule has 0 fully saturated rings. The van der Waals surface area contributed by atoms with Gasteiger partial charge in [0.25, 0.3) is 0 Å². The first-order chi connectivity index (χ1) is 8.87. The Bertz CT molecular complexity index is 243. The molecule has 19 heavy (non-hydrogen) atoms. The fourth-order valence-electron chi connectivity index (χ4n) is 1.49. The number of rotatable bonds is 11. The number of carbonyl (C=O) groups is 1.